The summed E-state index contributed by atoms with van der Waals surface area (Å²) in [4.78, 5) is 38.4. The maximum Gasteiger partial charge on any atom is 0.306 e. The van der Waals surface area contributed by atoms with Gasteiger partial charge >= 0.3 is 17.9 Å². The summed E-state index contributed by atoms with van der Waals surface area (Å²) in [5.41, 5.74) is 0. The van der Waals surface area contributed by atoms with E-state index in [9.17, 15) is 14.4 Å². The highest BCUT2D eigenvalue weighted by molar-refractivity contribution is 5.71. The third-order valence-electron chi connectivity index (χ3n) is 14.0. The van der Waals surface area contributed by atoms with E-state index in [1.165, 1.54) is 77.0 Å². The number of allylic oxidation sites excluding steroid dienone is 26. The zero-order valence-corrected chi connectivity index (χ0v) is 53.7. The third-order valence-corrected chi connectivity index (χ3v) is 14.0. The molecule has 0 fully saturated rings. The molecule has 6 nitrogen and oxygen atoms in total. The Labute approximate surface area is 511 Å². The lowest BCUT2D eigenvalue weighted by molar-refractivity contribution is -0.167. The van der Waals surface area contributed by atoms with Gasteiger partial charge in [-0.2, -0.15) is 0 Å². The van der Waals surface area contributed by atoms with Gasteiger partial charge in [0.25, 0.3) is 0 Å². The van der Waals surface area contributed by atoms with Crippen LogP contribution in [-0.2, 0) is 28.6 Å². The van der Waals surface area contributed by atoms with Crippen molar-refractivity contribution in [3.63, 3.8) is 0 Å². The monoisotopic (exact) mass is 1140 g/mol. The van der Waals surface area contributed by atoms with Crippen LogP contribution in [0, 0.1) is 0 Å². The Morgan fingerprint density at radius 2 is 0.470 bits per heavy atom. The minimum atomic E-state index is -0.802. The summed E-state index contributed by atoms with van der Waals surface area (Å²) in [6.45, 7) is 6.39. The number of unbranched alkanes of at least 4 members (excludes halogenated alkanes) is 23. The van der Waals surface area contributed by atoms with Gasteiger partial charge in [0.15, 0.2) is 6.10 Å². The van der Waals surface area contributed by atoms with Crippen LogP contribution in [0.25, 0.3) is 0 Å². The molecular formula is C77H124O6. The van der Waals surface area contributed by atoms with E-state index in [0.29, 0.717) is 19.3 Å². The molecule has 0 saturated carbocycles. The van der Waals surface area contributed by atoms with Crippen molar-refractivity contribution in [2.24, 2.45) is 0 Å². The van der Waals surface area contributed by atoms with Crippen molar-refractivity contribution >= 4 is 17.9 Å². The minimum Gasteiger partial charge on any atom is -0.462 e. The Balaban J connectivity index is 4.43. The van der Waals surface area contributed by atoms with Gasteiger partial charge in [-0.25, -0.2) is 0 Å². The summed E-state index contributed by atoms with van der Waals surface area (Å²) in [5.74, 6) is -0.927. The largest absolute Gasteiger partial charge is 0.462 e. The number of carbonyl (C=O) groups is 3. The highest BCUT2D eigenvalue weighted by Crippen LogP contribution is 2.15. The Morgan fingerprint density at radius 1 is 0.253 bits per heavy atom. The highest BCUT2D eigenvalue weighted by atomic mass is 16.6. The van der Waals surface area contributed by atoms with Gasteiger partial charge in [0.1, 0.15) is 13.2 Å². The van der Waals surface area contributed by atoms with E-state index in [-0.39, 0.29) is 31.1 Å². The van der Waals surface area contributed by atoms with Crippen LogP contribution in [0.4, 0.5) is 0 Å². The zero-order valence-electron chi connectivity index (χ0n) is 53.7. The van der Waals surface area contributed by atoms with Crippen molar-refractivity contribution in [3.8, 4) is 0 Å². The molecule has 6 heteroatoms. The van der Waals surface area contributed by atoms with Crippen LogP contribution in [0.3, 0.4) is 0 Å². The van der Waals surface area contributed by atoms with E-state index >= 15 is 0 Å². The number of rotatable bonds is 60. The first kappa shape index (κ1) is 78.0. The number of esters is 3. The maximum atomic E-state index is 12.9. The molecule has 0 heterocycles. The van der Waals surface area contributed by atoms with Crippen molar-refractivity contribution in [3.05, 3.63) is 158 Å². The van der Waals surface area contributed by atoms with Crippen LogP contribution in [0.15, 0.2) is 158 Å². The molecule has 0 bridgehead atoms. The molecule has 0 aliphatic heterocycles. The van der Waals surface area contributed by atoms with Crippen LogP contribution in [0.1, 0.15) is 290 Å². The van der Waals surface area contributed by atoms with E-state index in [1.54, 1.807) is 0 Å². The molecule has 1 unspecified atom stereocenters. The number of hydrogen-bond acceptors (Lipinski definition) is 6. The first-order valence-electron chi connectivity index (χ1n) is 34.0. The van der Waals surface area contributed by atoms with Crippen molar-refractivity contribution in [2.75, 3.05) is 13.2 Å². The van der Waals surface area contributed by atoms with E-state index in [1.807, 2.05) is 0 Å². The smallest absolute Gasteiger partial charge is 0.306 e. The van der Waals surface area contributed by atoms with Gasteiger partial charge < -0.3 is 14.2 Å². The summed E-state index contributed by atoms with van der Waals surface area (Å²) in [6.07, 6.45) is 101. The molecule has 83 heavy (non-hydrogen) atoms. The van der Waals surface area contributed by atoms with Gasteiger partial charge in [0.05, 0.1) is 0 Å². The molecule has 0 saturated heterocycles. The Hall–Kier alpha value is -4.97. The van der Waals surface area contributed by atoms with Gasteiger partial charge in [-0.1, -0.05) is 301 Å². The van der Waals surface area contributed by atoms with Gasteiger partial charge in [0, 0.05) is 19.3 Å². The predicted octanol–water partition coefficient (Wildman–Crippen LogP) is 23.7. The molecule has 0 aliphatic carbocycles. The van der Waals surface area contributed by atoms with Gasteiger partial charge in [-0.15, -0.1) is 0 Å². The molecule has 468 valence electrons. The normalized spacial score (nSPS) is 13.1. The third kappa shape index (κ3) is 67.7. The molecule has 0 amide bonds. The summed E-state index contributed by atoms with van der Waals surface area (Å²) in [6, 6.07) is 0. The summed E-state index contributed by atoms with van der Waals surface area (Å²) in [7, 11) is 0. The SMILES string of the molecule is CC/C=C\C/C=C\C/C=C\C/C=C\C/C=C\C/C=C\C/C=C\CCCCCCCC(=O)OCC(COC(=O)CCCCCCCCCCCCCCC)OC(=O)CCCCCCCC/C=C\C/C=C\C/C=C\C/C=C\C/C=C\C/C=C\CC. The second kappa shape index (κ2) is 69.5. The Kier molecular flexibility index (Phi) is 65.4. The fourth-order valence-corrected chi connectivity index (χ4v) is 9.01. The fourth-order valence-electron chi connectivity index (χ4n) is 9.01. The van der Waals surface area contributed by atoms with Crippen LogP contribution in [0.5, 0.6) is 0 Å². The molecule has 0 rings (SSSR count). The first-order valence-corrected chi connectivity index (χ1v) is 34.0. The highest BCUT2D eigenvalue weighted by Gasteiger charge is 2.19. The second-order valence-electron chi connectivity index (χ2n) is 22.0. The van der Waals surface area contributed by atoms with Crippen molar-refractivity contribution in [1.82, 2.24) is 0 Å². The first-order chi connectivity index (χ1) is 41.0. The Morgan fingerprint density at radius 3 is 0.735 bits per heavy atom. The average molecular weight is 1150 g/mol. The molecule has 0 aliphatic rings. The standard InChI is InChI=1S/C77H124O6/c1-4-7-10-13-16-19-22-25-27-29-31-33-35-37-38-40-41-43-45-47-49-52-55-58-61-64-67-70-76(79)82-73-74(72-81-75(78)69-66-63-60-57-54-51-24-21-18-15-12-9-6-3)83-77(80)71-68-65-62-59-56-53-50-48-46-44-42-39-36-34-32-30-28-26-23-20-17-14-11-8-5-2/h7-8,10-11,16-17,19-20,25-28,31-34,37-39,41-43,46-49,74H,4-6,9,12-15,18,21-24,29-30,35-36,40,44-45,50-73H2,1-3H3/b10-7-,11-8-,19-16-,20-17-,27-25-,28-26-,33-31-,34-32-,38-37-,42-39-,43-41-,48-46-,49-47-. The number of hydrogen-bond donors (Lipinski definition) is 0. The fraction of sp³-hybridized carbons (Fsp3) is 0.623. The second-order valence-corrected chi connectivity index (χ2v) is 22.0. The minimum absolute atomic E-state index is 0.0943. The molecule has 0 N–H and O–H groups in total. The molecule has 0 radical (unpaired) electrons. The van der Waals surface area contributed by atoms with E-state index in [2.05, 4.69) is 179 Å². The average Bonchev–Trinajstić information content (AvgIpc) is 3.49. The molecular weight excluding hydrogens is 1020 g/mol. The van der Waals surface area contributed by atoms with Crippen LogP contribution < -0.4 is 0 Å². The summed E-state index contributed by atoms with van der Waals surface area (Å²) >= 11 is 0. The predicted molar refractivity (Wildman–Crippen MR) is 362 cm³/mol. The van der Waals surface area contributed by atoms with Gasteiger partial charge in [-0.05, 0) is 128 Å². The topological polar surface area (TPSA) is 78.9 Å². The quantitative estimate of drug-likeness (QED) is 0.0261. The number of ether oxygens (including phenoxy) is 3. The lowest BCUT2D eigenvalue weighted by atomic mass is 10.0. The lowest BCUT2D eigenvalue weighted by Crippen LogP contribution is -2.30. The van der Waals surface area contributed by atoms with Gasteiger partial charge in [0.2, 0.25) is 0 Å². The molecule has 0 aromatic rings. The molecule has 0 aromatic heterocycles. The van der Waals surface area contributed by atoms with Crippen molar-refractivity contribution in [1.29, 1.82) is 0 Å². The molecule has 0 aromatic carbocycles. The van der Waals surface area contributed by atoms with Crippen LogP contribution in [0.2, 0.25) is 0 Å². The summed E-state index contributed by atoms with van der Waals surface area (Å²) < 4.78 is 16.9. The summed E-state index contributed by atoms with van der Waals surface area (Å²) in [5, 5.41) is 0. The Bertz CT molecular complexity index is 1840. The van der Waals surface area contributed by atoms with Crippen molar-refractivity contribution < 1.29 is 28.6 Å². The number of carbonyl (C=O) groups excluding carboxylic acids is 3. The van der Waals surface area contributed by atoms with Crippen molar-refractivity contribution in [2.45, 2.75) is 297 Å². The van der Waals surface area contributed by atoms with Crippen LogP contribution >= 0.6 is 0 Å². The maximum absolute atomic E-state index is 12.9. The lowest BCUT2D eigenvalue weighted by Gasteiger charge is -2.18. The van der Waals surface area contributed by atoms with Gasteiger partial charge in [-0.3, -0.25) is 14.4 Å². The zero-order chi connectivity index (χ0) is 59.9. The van der Waals surface area contributed by atoms with E-state index in [4.69, 9.17) is 14.2 Å². The van der Waals surface area contributed by atoms with E-state index < -0.39 is 6.10 Å². The van der Waals surface area contributed by atoms with E-state index in [0.717, 1.165) is 173 Å². The molecule has 0 spiro atoms. The molecule has 1 atom stereocenters. The van der Waals surface area contributed by atoms with Crippen LogP contribution in [-0.4, -0.2) is 37.2 Å².